The Morgan fingerprint density at radius 3 is 2.48 bits per heavy atom. The van der Waals surface area contributed by atoms with E-state index in [2.05, 4.69) is 25.8 Å². The molecule has 0 N–H and O–H groups in total. The van der Waals surface area contributed by atoms with Gasteiger partial charge in [0.2, 0.25) is 5.88 Å². The molecule has 0 bridgehead atoms. The summed E-state index contributed by atoms with van der Waals surface area (Å²) >= 11 is 12.0. The Hall–Kier alpha value is -1.25. The van der Waals surface area contributed by atoms with E-state index in [1.54, 1.807) is 6.07 Å². The third-order valence-corrected chi connectivity index (χ3v) is 3.69. The minimum absolute atomic E-state index is 0.0659. The number of pyridine rings is 1. The van der Waals surface area contributed by atoms with Crippen LogP contribution in [0, 0.1) is 6.92 Å². The zero-order valence-corrected chi connectivity index (χ0v) is 14.2. The lowest BCUT2D eigenvalue weighted by Crippen LogP contribution is -2.14. The highest BCUT2D eigenvalue weighted by Crippen LogP contribution is 2.30. The Kier molecular flexibility index (Phi) is 4.80. The van der Waals surface area contributed by atoms with Crippen LogP contribution < -0.4 is 4.74 Å². The van der Waals surface area contributed by atoms with Crippen molar-refractivity contribution >= 4 is 23.2 Å². The molecule has 0 radical (unpaired) electrons. The largest absolute Gasteiger partial charge is 0.439 e. The molecule has 0 saturated heterocycles. The van der Waals surface area contributed by atoms with Crippen LogP contribution in [-0.2, 0) is 11.3 Å². The van der Waals surface area contributed by atoms with Gasteiger partial charge in [0.15, 0.2) is 0 Å². The molecule has 0 aliphatic rings. The molecule has 1 heterocycles. The Bertz CT molecular complexity index is 648. The predicted molar refractivity (Wildman–Crippen MR) is 88.8 cm³/mol. The molecule has 1 aromatic carbocycles. The maximum absolute atomic E-state index is 6.02. The van der Waals surface area contributed by atoms with Gasteiger partial charge < -0.3 is 4.74 Å². The zero-order chi connectivity index (χ0) is 15.6. The molecular formula is C17H19Cl2NO. The van der Waals surface area contributed by atoms with E-state index in [0.717, 1.165) is 16.8 Å². The standard InChI is InChI=1S/C17H19Cl2NO/c1-11-5-6-13(19)9-14(11)21-16-8-12(10-18)7-15(20-16)17(2,3)4/h5-9H,10H2,1-4H3. The minimum Gasteiger partial charge on any atom is -0.439 e. The number of hydrogen-bond donors (Lipinski definition) is 0. The summed E-state index contributed by atoms with van der Waals surface area (Å²) in [5.41, 5.74) is 2.89. The third kappa shape index (κ3) is 4.12. The Labute approximate surface area is 136 Å². The van der Waals surface area contributed by atoms with Gasteiger partial charge in [-0.2, -0.15) is 0 Å². The minimum atomic E-state index is -0.0659. The van der Waals surface area contributed by atoms with Crippen LogP contribution >= 0.6 is 23.2 Å². The van der Waals surface area contributed by atoms with Crippen LogP contribution in [0.2, 0.25) is 5.02 Å². The van der Waals surface area contributed by atoms with E-state index in [1.807, 2.05) is 31.2 Å². The fraction of sp³-hybridized carbons (Fsp3) is 0.353. The molecular weight excluding hydrogens is 305 g/mol. The van der Waals surface area contributed by atoms with Gasteiger partial charge in [0, 0.05) is 22.4 Å². The van der Waals surface area contributed by atoms with Crippen LogP contribution in [0.5, 0.6) is 11.6 Å². The second-order valence-electron chi connectivity index (χ2n) is 6.09. The number of nitrogens with zero attached hydrogens (tertiary/aromatic N) is 1. The Morgan fingerprint density at radius 2 is 1.86 bits per heavy atom. The summed E-state index contributed by atoms with van der Waals surface area (Å²) in [5, 5.41) is 0.639. The van der Waals surface area contributed by atoms with E-state index in [4.69, 9.17) is 27.9 Å². The van der Waals surface area contributed by atoms with Crippen LogP contribution in [0.3, 0.4) is 0 Å². The van der Waals surface area contributed by atoms with Gasteiger partial charge in [-0.05, 0) is 36.2 Å². The van der Waals surface area contributed by atoms with Crippen molar-refractivity contribution in [2.75, 3.05) is 0 Å². The highest BCUT2D eigenvalue weighted by Gasteiger charge is 2.18. The molecule has 112 valence electrons. The summed E-state index contributed by atoms with van der Waals surface area (Å²) in [6.45, 7) is 8.31. The average molecular weight is 324 g/mol. The van der Waals surface area contributed by atoms with Crippen molar-refractivity contribution in [3.63, 3.8) is 0 Å². The SMILES string of the molecule is Cc1ccc(Cl)cc1Oc1cc(CCl)cc(C(C)(C)C)n1. The smallest absolute Gasteiger partial charge is 0.219 e. The number of hydrogen-bond acceptors (Lipinski definition) is 2. The third-order valence-electron chi connectivity index (χ3n) is 3.15. The molecule has 0 aliphatic heterocycles. The highest BCUT2D eigenvalue weighted by molar-refractivity contribution is 6.30. The summed E-state index contributed by atoms with van der Waals surface area (Å²) in [6.07, 6.45) is 0. The normalized spacial score (nSPS) is 11.5. The Morgan fingerprint density at radius 1 is 1.14 bits per heavy atom. The molecule has 0 fully saturated rings. The zero-order valence-electron chi connectivity index (χ0n) is 12.7. The van der Waals surface area contributed by atoms with Gasteiger partial charge in [0.05, 0.1) is 5.69 Å². The summed E-state index contributed by atoms with van der Waals surface area (Å²) in [7, 11) is 0. The number of aromatic nitrogens is 1. The van der Waals surface area contributed by atoms with E-state index in [1.165, 1.54) is 0 Å². The van der Waals surface area contributed by atoms with Crippen molar-refractivity contribution < 1.29 is 4.74 Å². The van der Waals surface area contributed by atoms with Crippen LogP contribution in [0.15, 0.2) is 30.3 Å². The van der Waals surface area contributed by atoms with Crippen molar-refractivity contribution in [3.8, 4) is 11.6 Å². The van der Waals surface area contributed by atoms with Gasteiger partial charge in [0.1, 0.15) is 5.75 Å². The van der Waals surface area contributed by atoms with Crippen LogP contribution in [0.25, 0.3) is 0 Å². The van der Waals surface area contributed by atoms with E-state index in [0.29, 0.717) is 22.5 Å². The van der Waals surface area contributed by atoms with Gasteiger partial charge >= 0.3 is 0 Å². The lowest BCUT2D eigenvalue weighted by molar-refractivity contribution is 0.448. The average Bonchev–Trinajstić information content (AvgIpc) is 2.41. The number of aryl methyl sites for hydroxylation is 1. The van der Waals surface area contributed by atoms with E-state index >= 15 is 0 Å². The first-order chi connectivity index (χ1) is 9.79. The molecule has 0 spiro atoms. The maximum Gasteiger partial charge on any atom is 0.219 e. The number of alkyl halides is 1. The quantitative estimate of drug-likeness (QED) is 0.659. The van der Waals surface area contributed by atoms with E-state index < -0.39 is 0 Å². The predicted octanol–water partition coefficient (Wildman–Crippen LogP) is 5.87. The second-order valence-corrected chi connectivity index (χ2v) is 6.80. The summed E-state index contributed by atoms with van der Waals surface area (Å²) < 4.78 is 5.91. The lowest BCUT2D eigenvalue weighted by atomic mass is 9.91. The summed E-state index contributed by atoms with van der Waals surface area (Å²) in [4.78, 5) is 4.59. The first-order valence-corrected chi connectivity index (χ1v) is 7.72. The van der Waals surface area contributed by atoms with Gasteiger partial charge in [-0.25, -0.2) is 4.98 Å². The number of rotatable bonds is 3. The van der Waals surface area contributed by atoms with Crippen molar-refractivity contribution in [1.29, 1.82) is 0 Å². The summed E-state index contributed by atoms with van der Waals surface area (Å²) in [5.74, 6) is 1.68. The van der Waals surface area contributed by atoms with Crippen molar-refractivity contribution in [1.82, 2.24) is 4.98 Å². The molecule has 0 amide bonds. The Balaban J connectivity index is 2.42. The van der Waals surface area contributed by atoms with Crippen LogP contribution in [-0.4, -0.2) is 4.98 Å². The van der Waals surface area contributed by atoms with Crippen molar-refractivity contribution in [2.45, 2.75) is 39.0 Å². The monoisotopic (exact) mass is 323 g/mol. The molecule has 0 aliphatic carbocycles. The van der Waals surface area contributed by atoms with E-state index in [-0.39, 0.29) is 5.41 Å². The van der Waals surface area contributed by atoms with Crippen molar-refractivity contribution in [2.24, 2.45) is 0 Å². The fourth-order valence-corrected chi connectivity index (χ4v) is 2.19. The topological polar surface area (TPSA) is 22.1 Å². The lowest BCUT2D eigenvalue weighted by Gasteiger charge is -2.20. The molecule has 0 atom stereocenters. The van der Waals surface area contributed by atoms with Crippen LogP contribution in [0.4, 0.5) is 0 Å². The van der Waals surface area contributed by atoms with Crippen molar-refractivity contribution in [3.05, 3.63) is 52.2 Å². The van der Waals surface area contributed by atoms with Gasteiger partial charge in [-0.1, -0.05) is 38.4 Å². The fourth-order valence-electron chi connectivity index (χ4n) is 1.87. The second kappa shape index (κ2) is 6.25. The number of ether oxygens (including phenoxy) is 1. The molecule has 2 aromatic rings. The molecule has 0 unspecified atom stereocenters. The first kappa shape index (κ1) is 16.1. The molecule has 1 aromatic heterocycles. The molecule has 0 saturated carbocycles. The van der Waals surface area contributed by atoms with E-state index in [9.17, 15) is 0 Å². The molecule has 21 heavy (non-hydrogen) atoms. The van der Waals surface area contributed by atoms with Gasteiger partial charge in [-0.15, -0.1) is 11.6 Å². The van der Waals surface area contributed by atoms with Crippen LogP contribution in [0.1, 0.15) is 37.6 Å². The number of halogens is 2. The maximum atomic E-state index is 6.02. The summed E-state index contributed by atoms with van der Waals surface area (Å²) in [6, 6.07) is 9.44. The van der Waals surface area contributed by atoms with Gasteiger partial charge in [-0.3, -0.25) is 0 Å². The first-order valence-electron chi connectivity index (χ1n) is 6.81. The van der Waals surface area contributed by atoms with Gasteiger partial charge in [0.25, 0.3) is 0 Å². The highest BCUT2D eigenvalue weighted by atomic mass is 35.5. The molecule has 4 heteroatoms. The number of benzene rings is 1. The molecule has 2 rings (SSSR count). The molecule has 2 nitrogen and oxygen atoms in total.